The van der Waals surface area contributed by atoms with E-state index in [9.17, 15) is 0 Å². The van der Waals surface area contributed by atoms with Crippen LogP contribution in [0.2, 0.25) is 0 Å². The zero-order chi connectivity index (χ0) is 21.3. The third-order valence-corrected chi connectivity index (χ3v) is 6.01. The molecule has 1 atom stereocenters. The van der Waals surface area contributed by atoms with Crippen LogP contribution in [-0.4, -0.2) is 62.6 Å². The number of methoxy groups -OCH3 is 1. The lowest BCUT2D eigenvalue weighted by Crippen LogP contribution is -2.30. The zero-order valence-corrected chi connectivity index (χ0v) is 18.6. The predicted molar refractivity (Wildman–Crippen MR) is 121 cm³/mol. The summed E-state index contributed by atoms with van der Waals surface area (Å²) >= 11 is 0. The highest BCUT2D eigenvalue weighted by molar-refractivity contribution is 5.70. The van der Waals surface area contributed by atoms with E-state index < -0.39 is 0 Å². The van der Waals surface area contributed by atoms with Crippen molar-refractivity contribution in [3.05, 3.63) is 42.1 Å². The summed E-state index contributed by atoms with van der Waals surface area (Å²) in [5.41, 5.74) is 3.32. The van der Waals surface area contributed by atoms with E-state index in [0.29, 0.717) is 32.3 Å². The van der Waals surface area contributed by atoms with Gasteiger partial charge in [-0.3, -0.25) is 4.90 Å². The van der Waals surface area contributed by atoms with Crippen LogP contribution in [0.1, 0.15) is 37.7 Å². The lowest BCUT2D eigenvalue weighted by atomic mass is 10.0. The summed E-state index contributed by atoms with van der Waals surface area (Å²) in [6.45, 7) is 5.83. The Kier molecular flexibility index (Phi) is 8.16. The van der Waals surface area contributed by atoms with Crippen molar-refractivity contribution in [2.75, 3.05) is 46.6 Å². The van der Waals surface area contributed by atoms with Gasteiger partial charge in [-0.1, -0.05) is 18.9 Å². The van der Waals surface area contributed by atoms with Crippen molar-refractivity contribution in [1.29, 1.82) is 0 Å². The molecule has 1 aromatic carbocycles. The maximum absolute atomic E-state index is 6.25. The Morgan fingerprint density at radius 2 is 1.97 bits per heavy atom. The summed E-state index contributed by atoms with van der Waals surface area (Å²) in [6.07, 6.45) is 7.92. The molecule has 0 bridgehead atoms. The summed E-state index contributed by atoms with van der Waals surface area (Å²) in [5.74, 6) is 1.60. The van der Waals surface area contributed by atoms with E-state index in [1.807, 2.05) is 6.07 Å². The molecule has 0 saturated carbocycles. The molecule has 2 aliphatic rings. The third kappa shape index (κ3) is 6.19. The lowest BCUT2D eigenvalue weighted by molar-refractivity contribution is -0.0935. The Morgan fingerprint density at radius 1 is 1.10 bits per heavy atom. The number of rotatable bonds is 8. The molecule has 6 nitrogen and oxygen atoms in total. The zero-order valence-electron chi connectivity index (χ0n) is 18.6. The van der Waals surface area contributed by atoms with Crippen LogP contribution in [0.25, 0.3) is 11.1 Å². The predicted octanol–water partition coefficient (Wildman–Crippen LogP) is 4.32. The number of likely N-dealkylation sites (tertiary alicyclic amines) is 1. The van der Waals surface area contributed by atoms with Crippen molar-refractivity contribution in [2.24, 2.45) is 0 Å². The maximum atomic E-state index is 6.25. The first kappa shape index (κ1) is 22.1. The van der Waals surface area contributed by atoms with Gasteiger partial charge in [0, 0.05) is 30.3 Å². The van der Waals surface area contributed by atoms with Gasteiger partial charge in [0.25, 0.3) is 0 Å². The van der Waals surface area contributed by atoms with Crippen molar-refractivity contribution in [2.45, 2.75) is 44.8 Å². The van der Waals surface area contributed by atoms with Gasteiger partial charge in [0.15, 0.2) is 0 Å². The van der Waals surface area contributed by atoms with Crippen LogP contribution in [0, 0.1) is 0 Å². The quantitative estimate of drug-likeness (QED) is 0.627. The molecule has 2 saturated heterocycles. The van der Waals surface area contributed by atoms with Gasteiger partial charge in [0.05, 0.1) is 39.6 Å². The molecule has 0 radical (unpaired) electrons. The fraction of sp³-hybridized carbons (Fsp3) is 0.560. The molecule has 0 N–H and O–H groups in total. The summed E-state index contributed by atoms with van der Waals surface area (Å²) in [5, 5.41) is 0. The minimum Gasteiger partial charge on any atom is -0.493 e. The molecule has 1 unspecified atom stereocenters. The minimum atomic E-state index is 0.127. The molecule has 0 amide bonds. The van der Waals surface area contributed by atoms with E-state index in [2.05, 4.69) is 34.1 Å². The Morgan fingerprint density at radius 3 is 2.74 bits per heavy atom. The van der Waals surface area contributed by atoms with Crippen LogP contribution in [-0.2, 0) is 16.0 Å². The van der Waals surface area contributed by atoms with Crippen LogP contribution in [0.3, 0.4) is 0 Å². The minimum absolute atomic E-state index is 0.127. The van der Waals surface area contributed by atoms with Gasteiger partial charge in [0.1, 0.15) is 5.75 Å². The van der Waals surface area contributed by atoms with Gasteiger partial charge in [-0.15, -0.1) is 0 Å². The number of aromatic nitrogens is 1. The van der Waals surface area contributed by atoms with Gasteiger partial charge in [-0.2, -0.15) is 0 Å². The molecule has 1 aromatic heterocycles. The largest absolute Gasteiger partial charge is 0.493 e. The van der Waals surface area contributed by atoms with Crippen LogP contribution in [0.5, 0.6) is 11.6 Å². The average Bonchev–Trinajstić information content (AvgIpc) is 3.09. The van der Waals surface area contributed by atoms with Gasteiger partial charge in [-0.05, 0) is 55.8 Å². The van der Waals surface area contributed by atoms with Crippen LogP contribution in [0.4, 0.5) is 0 Å². The van der Waals surface area contributed by atoms with E-state index in [0.717, 1.165) is 42.9 Å². The first-order valence-corrected chi connectivity index (χ1v) is 11.5. The molecule has 168 valence electrons. The highest BCUT2D eigenvalue weighted by Gasteiger charge is 2.17. The number of nitrogens with zero attached hydrogens (tertiary/aromatic N) is 2. The number of pyridine rings is 1. The Bertz CT molecular complexity index is 815. The molecule has 31 heavy (non-hydrogen) atoms. The summed E-state index contributed by atoms with van der Waals surface area (Å²) in [4.78, 5) is 6.92. The molecule has 0 spiro atoms. The Labute approximate surface area is 185 Å². The number of benzene rings is 1. The molecular formula is C25H34N2O4. The molecule has 2 aliphatic heterocycles. The van der Waals surface area contributed by atoms with E-state index in [1.165, 1.54) is 31.2 Å². The smallest absolute Gasteiger partial charge is 0.221 e. The van der Waals surface area contributed by atoms with E-state index in [4.69, 9.17) is 18.9 Å². The molecule has 6 heteroatoms. The summed E-state index contributed by atoms with van der Waals surface area (Å²) in [7, 11) is 1.67. The Hall–Kier alpha value is -2.15. The molecular weight excluding hydrogens is 392 g/mol. The van der Waals surface area contributed by atoms with Gasteiger partial charge < -0.3 is 18.9 Å². The van der Waals surface area contributed by atoms with Gasteiger partial charge in [-0.25, -0.2) is 4.98 Å². The number of ether oxygens (including phenoxy) is 4. The molecule has 2 aromatic rings. The van der Waals surface area contributed by atoms with Crippen molar-refractivity contribution >= 4 is 0 Å². The second-order valence-corrected chi connectivity index (χ2v) is 8.28. The standard InChI is InChI=1S/C25H34N2O4/c1-28-25-23(7-6-11-26-25)20-8-9-24(31-14-10-22-19-29-15-16-30-22)21(17-20)18-27-12-4-2-3-5-13-27/h6-9,11,17,22H,2-5,10,12-16,18-19H2,1H3. The van der Waals surface area contributed by atoms with Crippen LogP contribution < -0.4 is 9.47 Å². The van der Waals surface area contributed by atoms with Crippen molar-refractivity contribution in [3.8, 4) is 22.8 Å². The molecule has 0 aliphatic carbocycles. The normalized spacial score (nSPS) is 20.2. The highest BCUT2D eigenvalue weighted by atomic mass is 16.6. The average molecular weight is 427 g/mol. The van der Waals surface area contributed by atoms with E-state index in [1.54, 1.807) is 13.3 Å². The maximum Gasteiger partial charge on any atom is 0.221 e. The molecule has 4 rings (SSSR count). The van der Waals surface area contributed by atoms with Crippen molar-refractivity contribution in [1.82, 2.24) is 9.88 Å². The number of hydrogen-bond acceptors (Lipinski definition) is 6. The van der Waals surface area contributed by atoms with Gasteiger partial charge >= 0.3 is 0 Å². The topological polar surface area (TPSA) is 53.1 Å². The monoisotopic (exact) mass is 426 g/mol. The van der Waals surface area contributed by atoms with E-state index in [-0.39, 0.29) is 6.10 Å². The summed E-state index contributed by atoms with van der Waals surface area (Å²) < 4.78 is 23.0. The number of hydrogen-bond donors (Lipinski definition) is 0. The summed E-state index contributed by atoms with van der Waals surface area (Å²) in [6, 6.07) is 10.4. The fourth-order valence-corrected chi connectivity index (χ4v) is 4.32. The van der Waals surface area contributed by atoms with E-state index >= 15 is 0 Å². The van der Waals surface area contributed by atoms with Gasteiger partial charge in [0.2, 0.25) is 5.88 Å². The SMILES string of the molecule is COc1ncccc1-c1ccc(OCCC2COCCO2)c(CN2CCCCCC2)c1. The lowest BCUT2D eigenvalue weighted by Gasteiger charge is -2.24. The molecule has 2 fully saturated rings. The van der Waals surface area contributed by atoms with Crippen molar-refractivity contribution in [3.63, 3.8) is 0 Å². The third-order valence-electron chi connectivity index (χ3n) is 6.01. The Balaban J connectivity index is 1.52. The van der Waals surface area contributed by atoms with Crippen molar-refractivity contribution < 1.29 is 18.9 Å². The highest BCUT2D eigenvalue weighted by Crippen LogP contribution is 2.32. The van der Waals surface area contributed by atoms with Crippen LogP contribution in [0.15, 0.2) is 36.5 Å². The first-order chi connectivity index (χ1) is 15.3. The second-order valence-electron chi connectivity index (χ2n) is 8.28. The fourth-order valence-electron chi connectivity index (χ4n) is 4.32. The first-order valence-electron chi connectivity index (χ1n) is 11.5. The molecule has 3 heterocycles. The van der Waals surface area contributed by atoms with Crippen LogP contribution >= 0.6 is 0 Å². The second kappa shape index (κ2) is 11.5.